The van der Waals surface area contributed by atoms with Crippen molar-refractivity contribution in [2.45, 2.75) is 69.9 Å². The van der Waals surface area contributed by atoms with Gasteiger partial charge < -0.3 is 4.74 Å². The maximum Gasteiger partial charge on any atom is 0.326 e. The fourth-order valence-electron chi connectivity index (χ4n) is 2.62. The smallest absolute Gasteiger partial charge is 0.326 e. The summed E-state index contributed by atoms with van der Waals surface area (Å²) in [6, 6.07) is 0.536. The number of esters is 1. The molecule has 0 amide bonds. The molecule has 0 unspecified atom stereocenters. The SMILES string of the molecule is CCOC(=O)C1(NC2CCCCCC2)CC1. The summed E-state index contributed by atoms with van der Waals surface area (Å²) < 4.78 is 5.14. The van der Waals surface area contributed by atoms with Crippen LogP contribution in [0.25, 0.3) is 0 Å². The molecule has 3 nitrogen and oxygen atoms in total. The van der Waals surface area contributed by atoms with Crippen LogP contribution >= 0.6 is 0 Å². The van der Waals surface area contributed by atoms with E-state index in [4.69, 9.17) is 4.74 Å². The third kappa shape index (κ3) is 2.76. The van der Waals surface area contributed by atoms with Crippen LogP contribution in [0.3, 0.4) is 0 Å². The van der Waals surface area contributed by atoms with E-state index in [-0.39, 0.29) is 11.5 Å². The second-order valence-electron chi connectivity index (χ2n) is 5.14. The number of ether oxygens (including phenoxy) is 1. The zero-order valence-electron chi connectivity index (χ0n) is 10.3. The molecule has 0 bridgehead atoms. The molecule has 2 fully saturated rings. The van der Waals surface area contributed by atoms with Crippen molar-refractivity contribution < 1.29 is 9.53 Å². The molecule has 2 aliphatic carbocycles. The predicted octanol–water partition coefficient (Wildman–Crippen LogP) is 2.39. The van der Waals surface area contributed by atoms with Crippen molar-refractivity contribution in [3.05, 3.63) is 0 Å². The van der Waals surface area contributed by atoms with Crippen LogP contribution < -0.4 is 5.32 Å². The van der Waals surface area contributed by atoms with E-state index < -0.39 is 0 Å². The van der Waals surface area contributed by atoms with Crippen LogP contribution in [-0.2, 0) is 9.53 Å². The average molecular weight is 225 g/mol. The van der Waals surface area contributed by atoms with Gasteiger partial charge >= 0.3 is 5.97 Å². The monoisotopic (exact) mass is 225 g/mol. The first-order valence-electron chi connectivity index (χ1n) is 6.72. The number of carbonyl (C=O) groups is 1. The van der Waals surface area contributed by atoms with E-state index in [1.807, 2.05) is 6.92 Å². The summed E-state index contributed by atoms with van der Waals surface area (Å²) in [4.78, 5) is 11.8. The molecule has 0 aromatic heterocycles. The Hall–Kier alpha value is -0.570. The summed E-state index contributed by atoms with van der Waals surface area (Å²) in [7, 11) is 0. The van der Waals surface area contributed by atoms with Gasteiger partial charge in [0.05, 0.1) is 6.61 Å². The van der Waals surface area contributed by atoms with Crippen molar-refractivity contribution in [3.8, 4) is 0 Å². The van der Waals surface area contributed by atoms with Gasteiger partial charge in [-0.1, -0.05) is 25.7 Å². The Labute approximate surface area is 97.9 Å². The Morgan fingerprint density at radius 1 is 1.25 bits per heavy atom. The first-order chi connectivity index (χ1) is 7.77. The summed E-state index contributed by atoms with van der Waals surface area (Å²) in [6.45, 7) is 2.37. The predicted molar refractivity (Wildman–Crippen MR) is 63.2 cm³/mol. The summed E-state index contributed by atoms with van der Waals surface area (Å²) in [5, 5.41) is 3.56. The highest BCUT2D eigenvalue weighted by Crippen LogP contribution is 2.38. The molecule has 0 radical (unpaired) electrons. The Morgan fingerprint density at radius 2 is 1.88 bits per heavy atom. The molecule has 0 heterocycles. The summed E-state index contributed by atoms with van der Waals surface area (Å²) in [5.41, 5.74) is -0.301. The van der Waals surface area contributed by atoms with Crippen molar-refractivity contribution in [2.24, 2.45) is 0 Å². The Kier molecular flexibility index (Phi) is 3.85. The molecule has 0 spiro atoms. The molecule has 0 atom stereocenters. The minimum atomic E-state index is -0.301. The molecular weight excluding hydrogens is 202 g/mol. The lowest BCUT2D eigenvalue weighted by Crippen LogP contribution is -2.46. The summed E-state index contributed by atoms with van der Waals surface area (Å²) in [5.74, 6) is -0.0285. The molecule has 92 valence electrons. The van der Waals surface area contributed by atoms with E-state index in [1.165, 1.54) is 38.5 Å². The van der Waals surface area contributed by atoms with Crippen molar-refractivity contribution in [3.63, 3.8) is 0 Å². The zero-order chi connectivity index (χ0) is 11.4. The molecule has 0 aromatic carbocycles. The molecule has 3 heteroatoms. The highest BCUT2D eigenvalue weighted by molar-refractivity contribution is 5.84. The van der Waals surface area contributed by atoms with Crippen LogP contribution in [0.15, 0.2) is 0 Å². The van der Waals surface area contributed by atoms with Gasteiger partial charge in [-0.15, -0.1) is 0 Å². The normalized spacial score (nSPS) is 24.8. The van der Waals surface area contributed by atoms with E-state index in [0.29, 0.717) is 12.6 Å². The fourth-order valence-corrected chi connectivity index (χ4v) is 2.62. The second kappa shape index (κ2) is 5.17. The van der Waals surface area contributed by atoms with E-state index in [9.17, 15) is 4.79 Å². The standard InChI is InChI=1S/C13H23NO2/c1-2-16-12(15)13(9-10-13)14-11-7-5-3-4-6-8-11/h11,14H,2-10H2,1H3. The van der Waals surface area contributed by atoms with Gasteiger partial charge in [0.25, 0.3) is 0 Å². The maximum absolute atomic E-state index is 11.8. The fraction of sp³-hybridized carbons (Fsp3) is 0.923. The van der Waals surface area contributed by atoms with Gasteiger partial charge in [0.2, 0.25) is 0 Å². The van der Waals surface area contributed by atoms with Crippen molar-refractivity contribution in [1.82, 2.24) is 5.32 Å². The lowest BCUT2D eigenvalue weighted by molar-refractivity contribution is -0.147. The van der Waals surface area contributed by atoms with Crippen molar-refractivity contribution >= 4 is 5.97 Å². The van der Waals surface area contributed by atoms with Gasteiger partial charge in [0.15, 0.2) is 0 Å². The molecule has 0 aliphatic heterocycles. The van der Waals surface area contributed by atoms with Crippen LogP contribution in [0, 0.1) is 0 Å². The third-order valence-electron chi connectivity index (χ3n) is 3.75. The largest absolute Gasteiger partial charge is 0.465 e. The van der Waals surface area contributed by atoms with Crippen LogP contribution in [-0.4, -0.2) is 24.2 Å². The van der Waals surface area contributed by atoms with Crippen LogP contribution in [0.2, 0.25) is 0 Å². The van der Waals surface area contributed by atoms with Gasteiger partial charge in [0, 0.05) is 6.04 Å². The molecule has 0 aromatic rings. The van der Waals surface area contributed by atoms with Crippen molar-refractivity contribution in [2.75, 3.05) is 6.61 Å². The zero-order valence-corrected chi connectivity index (χ0v) is 10.3. The first kappa shape index (κ1) is 11.9. The van der Waals surface area contributed by atoms with E-state index in [0.717, 1.165) is 12.8 Å². The first-order valence-corrected chi connectivity index (χ1v) is 6.72. The number of nitrogens with one attached hydrogen (secondary N) is 1. The quantitative estimate of drug-likeness (QED) is 0.590. The summed E-state index contributed by atoms with van der Waals surface area (Å²) in [6.07, 6.45) is 9.68. The minimum Gasteiger partial charge on any atom is -0.465 e. The minimum absolute atomic E-state index is 0.0285. The number of carbonyl (C=O) groups excluding carboxylic acids is 1. The molecule has 2 saturated carbocycles. The second-order valence-corrected chi connectivity index (χ2v) is 5.14. The lowest BCUT2D eigenvalue weighted by Gasteiger charge is -2.23. The topological polar surface area (TPSA) is 38.3 Å². The van der Waals surface area contributed by atoms with Crippen LogP contribution in [0.5, 0.6) is 0 Å². The molecule has 2 rings (SSSR count). The van der Waals surface area contributed by atoms with Gasteiger partial charge in [-0.2, -0.15) is 0 Å². The number of rotatable bonds is 4. The average Bonchev–Trinajstić information content (AvgIpc) is 3.05. The molecular formula is C13H23NO2. The summed E-state index contributed by atoms with van der Waals surface area (Å²) >= 11 is 0. The number of hydrogen-bond acceptors (Lipinski definition) is 3. The van der Waals surface area contributed by atoms with Crippen LogP contribution in [0.4, 0.5) is 0 Å². The maximum atomic E-state index is 11.8. The molecule has 0 saturated heterocycles. The Morgan fingerprint density at radius 3 is 2.38 bits per heavy atom. The number of hydrogen-bond donors (Lipinski definition) is 1. The Bertz CT molecular complexity index is 240. The Balaban J connectivity index is 1.85. The highest BCUT2D eigenvalue weighted by Gasteiger charge is 2.52. The third-order valence-corrected chi connectivity index (χ3v) is 3.75. The van der Waals surface area contributed by atoms with E-state index >= 15 is 0 Å². The lowest BCUT2D eigenvalue weighted by atomic mass is 10.1. The van der Waals surface area contributed by atoms with E-state index in [2.05, 4.69) is 5.32 Å². The molecule has 1 N–H and O–H groups in total. The van der Waals surface area contributed by atoms with Crippen LogP contribution in [0.1, 0.15) is 58.3 Å². The molecule has 16 heavy (non-hydrogen) atoms. The van der Waals surface area contributed by atoms with E-state index in [1.54, 1.807) is 0 Å². The van der Waals surface area contributed by atoms with Gasteiger partial charge in [-0.25, -0.2) is 0 Å². The molecule has 2 aliphatic rings. The van der Waals surface area contributed by atoms with Gasteiger partial charge in [-0.3, -0.25) is 10.1 Å². The highest BCUT2D eigenvalue weighted by atomic mass is 16.5. The van der Waals surface area contributed by atoms with Gasteiger partial charge in [0.1, 0.15) is 5.54 Å². The van der Waals surface area contributed by atoms with Crippen molar-refractivity contribution in [1.29, 1.82) is 0 Å². The van der Waals surface area contributed by atoms with Gasteiger partial charge in [-0.05, 0) is 32.6 Å².